The lowest BCUT2D eigenvalue weighted by Crippen LogP contribution is -2.42. The van der Waals surface area contributed by atoms with Gasteiger partial charge in [-0.3, -0.25) is 4.79 Å². The third-order valence-corrected chi connectivity index (χ3v) is 5.58. The second kappa shape index (κ2) is 7.63. The van der Waals surface area contributed by atoms with Crippen LogP contribution in [0.4, 0.5) is 4.39 Å². The molecule has 5 nitrogen and oxygen atoms in total. The summed E-state index contributed by atoms with van der Waals surface area (Å²) in [5.41, 5.74) is 3.63. The Morgan fingerprint density at radius 3 is 2.70 bits per heavy atom. The van der Waals surface area contributed by atoms with Gasteiger partial charge in [0.1, 0.15) is 5.82 Å². The minimum absolute atomic E-state index is 0.0238. The molecule has 0 spiro atoms. The first-order valence-electron chi connectivity index (χ1n) is 9.95. The molecule has 0 fully saturated rings. The van der Waals surface area contributed by atoms with Crippen LogP contribution in [0.5, 0.6) is 0 Å². The standard InChI is InChI=1S/C24H21FN4O/c25-21-8-6-19(7-9-21)23-22-5-2-11-28(22)13-14-29(23)24(30)20-4-1-3-18(15-20)16-27-12-10-26-17-27/h1-12,15,17,23H,13-14,16H2. The van der Waals surface area contributed by atoms with E-state index in [1.54, 1.807) is 24.7 Å². The van der Waals surface area contributed by atoms with Gasteiger partial charge in [-0.05, 0) is 47.5 Å². The maximum atomic E-state index is 13.6. The molecule has 0 N–H and O–H groups in total. The first-order valence-corrected chi connectivity index (χ1v) is 9.95. The van der Waals surface area contributed by atoms with E-state index in [-0.39, 0.29) is 17.8 Å². The summed E-state index contributed by atoms with van der Waals surface area (Å²) < 4.78 is 17.6. The summed E-state index contributed by atoms with van der Waals surface area (Å²) in [5, 5.41) is 0. The Hall–Kier alpha value is -3.67. The fourth-order valence-corrected chi connectivity index (χ4v) is 4.16. The fourth-order valence-electron chi connectivity index (χ4n) is 4.16. The number of aromatic nitrogens is 3. The molecule has 1 atom stereocenters. The monoisotopic (exact) mass is 400 g/mol. The van der Waals surface area contributed by atoms with Gasteiger partial charge in [0.25, 0.3) is 5.91 Å². The van der Waals surface area contributed by atoms with Crippen molar-refractivity contribution in [3.63, 3.8) is 0 Å². The van der Waals surface area contributed by atoms with Crippen molar-refractivity contribution in [1.82, 2.24) is 19.0 Å². The van der Waals surface area contributed by atoms with Gasteiger partial charge in [0.15, 0.2) is 0 Å². The molecular weight excluding hydrogens is 379 g/mol. The van der Waals surface area contributed by atoms with Crippen LogP contribution in [-0.4, -0.2) is 31.5 Å². The summed E-state index contributed by atoms with van der Waals surface area (Å²) in [6, 6.07) is 17.9. The zero-order valence-electron chi connectivity index (χ0n) is 16.4. The van der Waals surface area contributed by atoms with Crippen LogP contribution in [0, 0.1) is 5.82 Å². The van der Waals surface area contributed by atoms with Crippen LogP contribution in [0.1, 0.15) is 33.2 Å². The molecule has 2 aromatic heterocycles. The summed E-state index contributed by atoms with van der Waals surface area (Å²) in [4.78, 5) is 19.5. The van der Waals surface area contributed by atoms with Crippen molar-refractivity contribution in [3.05, 3.63) is 114 Å². The number of halogens is 1. The van der Waals surface area contributed by atoms with Crippen LogP contribution in [-0.2, 0) is 13.1 Å². The highest BCUT2D eigenvalue weighted by atomic mass is 19.1. The average molecular weight is 400 g/mol. The van der Waals surface area contributed by atoms with Crippen molar-refractivity contribution in [2.75, 3.05) is 6.54 Å². The van der Waals surface area contributed by atoms with Gasteiger partial charge in [0.05, 0.1) is 12.4 Å². The van der Waals surface area contributed by atoms with E-state index < -0.39 is 0 Å². The molecule has 0 radical (unpaired) electrons. The van der Waals surface area contributed by atoms with Crippen molar-refractivity contribution in [2.24, 2.45) is 0 Å². The van der Waals surface area contributed by atoms with Crippen molar-refractivity contribution in [3.8, 4) is 0 Å². The summed E-state index contributed by atoms with van der Waals surface area (Å²) in [7, 11) is 0. The minimum Gasteiger partial charge on any atom is -0.348 e. The predicted octanol–water partition coefficient (Wildman–Crippen LogP) is 4.12. The smallest absolute Gasteiger partial charge is 0.254 e. The summed E-state index contributed by atoms with van der Waals surface area (Å²) in [6.07, 6.45) is 7.43. The maximum Gasteiger partial charge on any atom is 0.254 e. The second-order valence-electron chi connectivity index (χ2n) is 7.51. The lowest BCUT2D eigenvalue weighted by Gasteiger charge is -2.37. The molecule has 1 unspecified atom stereocenters. The van der Waals surface area contributed by atoms with E-state index in [1.807, 2.05) is 58.3 Å². The third-order valence-electron chi connectivity index (χ3n) is 5.58. The van der Waals surface area contributed by atoms with E-state index in [9.17, 15) is 9.18 Å². The number of amides is 1. The molecular formula is C24H21FN4O. The number of benzene rings is 2. The molecule has 30 heavy (non-hydrogen) atoms. The van der Waals surface area contributed by atoms with Gasteiger partial charge >= 0.3 is 0 Å². The van der Waals surface area contributed by atoms with Crippen LogP contribution in [0.15, 0.2) is 85.6 Å². The first-order chi connectivity index (χ1) is 14.7. The SMILES string of the molecule is O=C(c1cccc(Cn2ccnc2)c1)N1CCn2cccc2C1c1ccc(F)cc1. The fraction of sp³-hybridized carbons (Fsp3) is 0.167. The number of rotatable bonds is 4. The molecule has 0 aliphatic carbocycles. The van der Waals surface area contributed by atoms with Gasteiger partial charge in [-0.1, -0.05) is 24.3 Å². The third kappa shape index (κ3) is 3.41. The molecule has 2 aromatic carbocycles. The molecule has 1 aliphatic heterocycles. The van der Waals surface area contributed by atoms with E-state index in [0.717, 1.165) is 23.4 Å². The molecule has 0 bridgehead atoms. The average Bonchev–Trinajstić information content (AvgIpc) is 3.45. The number of carbonyl (C=O) groups excluding carboxylic acids is 1. The van der Waals surface area contributed by atoms with E-state index >= 15 is 0 Å². The van der Waals surface area contributed by atoms with Crippen molar-refractivity contribution >= 4 is 5.91 Å². The van der Waals surface area contributed by atoms with Gasteiger partial charge in [-0.2, -0.15) is 0 Å². The quantitative estimate of drug-likeness (QED) is 0.517. The Kier molecular flexibility index (Phi) is 4.67. The topological polar surface area (TPSA) is 43.1 Å². The molecule has 0 saturated carbocycles. The molecule has 150 valence electrons. The second-order valence-corrected chi connectivity index (χ2v) is 7.51. The number of imidazole rings is 1. The van der Waals surface area contributed by atoms with E-state index in [0.29, 0.717) is 18.7 Å². The van der Waals surface area contributed by atoms with Crippen LogP contribution in [0.25, 0.3) is 0 Å². The van der Waals surface area contributed by atoms with Gasteiger partial charge in [-0.25, -0.2) is 9.37 Å². The van der Waals surface area contributed by atoms with E-state index in [4.69, 9.17) is 0 Å². The van der Waals surface area contributed by atoms with Crippen LogP contribution >= 0.6 is 0 Å². The molecule has 3 heterocycles. The van der Waals surface area contributed by atoms with Crippen LogP contribution < -0.4 is 0 Å². The number of hydrogen-bond donors (Lipinski definition) is 0. The predicted molar refractivity (Wildman–Crippen MR) is 111 cm³/mol. The van der Waals surface area contributed by atoms with Crippen LogP contribution in [0.3, 0.4) is 0 Å². The molecule has 6 heteroatoms. The Labute approximate surface area is 174 Å². The van der Waals surface area contributed by atoms with Gasteiger partial charge in [0, 0.05) is 49.5 Å². The number of hydrogen-bond acceptors (Lipinski definition) is 2. The minimum atomic E-state index is -0.282. The lowest BCUT2D eigenvalue weighted by molar-refractivity contribution is 0.0664. The Morgan fingerprint density at radius 2 is 1.90 bits per heavy atom. The highest BCUT2D eigenvalue weighted by Gasteiger charge is 2.32. The van der Waals surface area contributed by atoms with Gasteiger partial charge < -0.3 is 14.0 Å². The molecule has 4 aromatic rings. The zero-order chi connectivity index (χ0) is 20.5. The highest BCUT2D eigenvalue weighted by Crippen LogP contribution is 2.33. The highest BCUT2D eigenvalue weighted by molar-refractivity contribution is 5.95. The molecule has 0 saturated heterocycles. The summed E-state index contributed by atoms with van der Waals surface area (Å²) in [6.45, 7) is 1.99. The largest absolute Gasteiger partial charge is 0.348 e. The first kappa shape index (κ1) is 18.4. The molecule has 1 amide bonds. The van der Waals surface area contributed by atoms with Gasteiger partial charge in [0.2, 0.25) is 0 Å². The number of fused-ring (bicyclic) bond motifs is 1. The number of carbonyl (C=O) groups is 1. The Balaban J connectivity index is 1.49. The van der Waals surface area contributed by atoms with Crippen LogP contribution in [0.2, 0.25) is 0 Å². The Morgan fingerprint density at radius 1 is 1.03 bits per heavy atom. The molecule has 1 aliphatic rings. The van der Waals surface area contributed by atoms with Gasteiger partial charge in [-0.15, -0.1) is 0 Å². The zero-order valence-corrected chi connectivity index (χ0v) is 16.4. The van der Waals surface area contributed by atoms with Crippen molar-refractivity contribution < 1.29 is 9.18 Å². The maximum absolute atomic E-state index is 13.6. The Bertz CT molecular complexity index is 1160. The number of nitrogens with zero attached hydrogens (tertiary/aromatic N) is 4. The van der Waals surface area contributed by atoms with E-state index in [1.165, 1.54) is 12.1 Å². The summed E-state index contributed by atoms with van der Waals surface area (Å²) >= 11 is 0. The summed E-state index contributed by atoms with van der Waals surface area (Å²) in [5.74, 6) is -0.306. The van der Waals surface area contributed by atoms with Crippen molar-refractivity contribution in [2.45, 2.75) is 19.1 Å². The van der Waals surface area contributed by atoms with E-state index in [2.05, 4.69) is 9.55 Å². The molecule has 5 rings (SSSR count). The normalized spacial score (nSPS) is 15.8. The van der Waals surface area contributed by atoms with Crippen molar-refractivity contribution in [1.29, 1.82) is 0 Å². The lowest BCUT2D eigenvalue weighted by atomic mass is 9.98.